The number of carbonyl (C=O) groups is 1. The first kappa shape index (κ1) is 23.2. The van der Waals surface area contributed by atoms with Crippen LogP contribution in [0.15, 0.2) is 35.4 Å². The molecule has 2 aliphatic carbocycles. The van der Waals surface area contributed by atoms with Crippen molar-refractivity contribution in [1.82, 2.24) is 14.5 Å². The summed E-state index contributed by atoms with van der Waals surface area (Å²) in [5.41, 5.74) is 3.18. The summed E-state index contributed by atoms with van der Waals surface area (Å²) < 4.78 is 1.60. The number of hydrogen-bond donors (Lipinski definition) is 1. The molecule has 0 atom stereocenters. The number of aryl methyl sites for hydroxylation is 3. The molecule has 1 amide bonds. The van der Waals surface area contributed by atoms with Crippen molar-refractivity contribution in [1.29, 1.82) is 0 Å². The van der Waals surface area contributed by atoms with Crippen LogP contribution in [0.2, 0.25) is 0 Å². The zero-order chi connectivity index (χ0) is 23.5. The third-order valence-corrected chi connectivity index (χ3v) is 8.63. The highest BCUT2D eigenvalue weighted by atomic mass is 32.1. The average Bonchev–Trinajstić information content (AvgIpc) is 3.25. The molecular formula is C27H34N4O2S. The van der Waals surface area contributed by atoms with Crippen molar-refractivity contribution >= 4 is 33.1 Å². The first-order chi connectivity index (χ1) is 16.6. The number of hydrogen-bond acceptors (Lipinski definition) is 5. The summed E-state index contributed by atoms with van der Waals surface area (Å²) >= 11 is 1.66. The molecule has 3 aromatic rings. The molecule has 180 valence electrons. The molecule has 2 aromatic heterocycles. The topological polar surface area (TPSA) is 67.2 Å². The van der Waals surface area contributed by atoms with Gasteiger partial charge in [-0.05, 0) is 62.8 Å². The van der Waals surface area contributed by atoms with Crippen molar-refractivity contribution in [2.24, 2.45) is 0 Å². The van der Waals surface area contributed by atoms with E-state index in [2.05, 4.69) is 28.3 Å². The fraction of sp³-hybridized carbons (Fsp3) is 0.519. The van der Waals surface area contributed by atoms with Crippen LogP contribution in [0.5, 0.6) is 0 Å². The molecule has 5 rings (SSSR count). The van der Waals surface area contributed by atoms with Gasteiger partial charge in [-0.15, -0.1) is 11.3 Å². The lowest BCUT2D eigenvalue weighted by Crippen LogP contribution is -2.33. The fourth-order valence-corrected chi connectivity index (χ4v) is 6.69. The molecular weight excluding hydrogens is 444 g/mol. The molecule has 6 nitrogen and oxygen atoms in total. The Balaban J connectivity index is 1.24. The first-order valence-corrected chi connectivity index (χ1v) is 13.5. The summed E-state index contributed by atoms with van der Waals surface area (Å²) in [7, 11) is 2.19. The Hall–Kier alpha value is -2.51. The standard InChI is InChI=1S/C27H34N4O2S/c1-30(20-10-3-2-4-11-20)17-19-9-5-7-13-22(19)29-24(32)15-16-31-18-28-26-25(27(31)33)21-12-6-8-14-23(21)34-26/h5,7,9,13,18,20H,2-4,6,8,10-12,14-17H2,1H3,(H,29,32). The summed E-state index contributed by atoms with van der Waals surface area (Å²) in [6.45, 7) is 1.16. The maximum atomic E-state index is 13.2. The lowest BCUT2D eigenvalue weighted by molar-refractivity contribution is -0.116. The maximum Gasteiger partial charge on any atom is 0.262 e. The Morgan fingerprint density at radius 3 is 2.79 bits per heavy atom. The molecule has 7 heteroatoms. The summed E-state index contributed by atoms with van der Waals surface area (Å²) in [6, 6.07) is 8.68. The van der Waals surface area contributed by atoms with Crippen LogP contribution in [0.1, 0.15) is 67.4 Å². The Morgan fingerprint density at radius 1 is 1.15 bits per heavy atom. The van der Waals surface area contributed by atoms with Crippen molar-refractivity contribution < 1.29 is 4.79 Å². The zero-order valence-corrected chi connectivity index (χ0v) is 20.8. The average molecular weight is 479 g/mol. The van der Waals surface area contributed by atoms with E-state index in [1.54, 1.807) is 22.2 Å². The van der Waals surface area contributed by atoms with E-state index in [9.17, 15) is 9.59 Å². The van der Waals surface area contributed by atoms with Crippen LogP contribution in [0.25, 0.3) is 10.2 Å². The van der Waals surface area contributed by atoms with Crippen LogP contribution >= 0.6 is 11.3 Å². The molecule has 0 bridgehead atoms. The number of nitrogens with one attached hydrogen (secondary N) is 1. The second-order valence-electron chi connectivity index (χ2n) is 9.80. The third kappa shape index (κ3) is 4.96. The van der Waals surface area contributed by atoms with Gasteiger partial charge in [-0.25, -0.2) is 4.98 Å². The third-order valence-electron chi connectivity index (χ3n) is 7.43. The SMILES string of the molecule is CN(Cc1ccccc1NC(=O)CCn1cnc2sc3c(c2c1=O)CCCC3)C1CCCCC1. The van der Waals surface area contributed by atoms with Gasteiger partial charge >= 0.3 is 0 Å². The predicted molar refractivity (Wildman–Crippen MR) is 139 cm³/mol. The largest absolute Gasteiger partial charge is 0.326 e. The van der Waals surface area contributed by atoms with Crippen molar-refractivity contribution in [3.05, 3.63) is 57.0 Å². The molecule has 1 fully saturated rings. The van der Waals surface area contributed by atoms with Crippen LogP contribution in [0.4, 0.5) is 5.69 Å². The molecule has 2 aliphatic rings. The molecule has 0 aliphatic heterocycles. The number of benzene rings is 1. The normalized spacial score (nSPS) is 16.6. The van der Waals surface area contributed by atoms with E-state index in [1.165, 1.54) is 49.0 Å². The van der Waals surface area contributed by atoms with Gasteiger partial charge in [0.1, 0.15) is 4.83 Å². The van der Waals surface area contributed by atoms with Gasteiger partial charge < -0.3 is 5.32 Å². The van der Waals surface area contributed by atoms with Crippen LogP contribution in [0, 0.1) is 0 Å². The maximum absolute atomic E-state index is 13.2. The van der Waals surface area contributed by atoms with Crippen LogP contribution in [-0.2, 0) is 30.7 Å². The number of fused-ring (bicyclic) bond motifs is 3. The van der Waals surface area contributed by atoms with E-state index >= 15 is 0 Å². The van der Waals surface area contributed by atoms with Gasteiger partial charge in [0.05, 0.1) is 11.7 Å². The van der Waals surface area contributed by atoms with E-state index < -0.39 is 0 Å². The molecule has 34 heavy (non-hydrogen) atoms. The number of anilines is 1. The van der Waals surface area contributed by atoms with Gasteiger partial charge in [-0.1, -0.05) is 37.5 Å². The van der Waals surface area contributed by atoms with E-state index in [0.717, 1.165) is 47.3 Å². The molecule has 0 radical (unpaired) electrons. The van der Waals surface area contributed by atoms with Gasteiger partial charge in [0, 0.05) is 36.1 Å². The van der Waals surface area contributed by atoms with Crippen LogP contribution in [0.3, 0.4) is 0 Å². The van der Waals surface area contributed by atoms with Crippen molar-refractivity contribution in [3.63, 3.8) is 0 Å². The Kier molecular flexibility index (Phi) is 7.11. The number of carbonyl (C=O) groups excluding carboxylic acids is 1. The Morgan fingerprint density at radius 2 is 1.94 bits per heavy atom. The summed E-state index contributed by atoms with van der Waals surface area (Å²) in [5, 5.41) is 3.87. The van der Waals surface area contributed by atoms with E-state index in [0.29, 0.717) is 12.6 Å². The minimum atomic E-state index is -0.0767. The monoisotopic (exact) mass is 478 g/mol. The lowest BCUT2D eigenvalue weighted by Gasteiger charge is -2.31. The fourth-order valence-electron chi connectivity index (χ4n) is 5.47. The molecule has 1 aromatic carbocycles. The van der Waals surface area contributed by atoms with E-state index in [-0.39, 0.29) is 17.9 Å². The summed E-state index contributed by atoms with van der Waals surface area (Å²) in [5.74, 6) is -0.0767. The van der Waals surface area contributed by atoms with Crippen molar-refractivity contribution in [2.75, 3.05) is 12.4 Å². The highest BCUT2D eigenvalue weighted by Gasteiger charge is 2.21. The second kappa shape index (κ2) is 10.4. The molecule has 2 heterocycles. The molecule has 0 spiro atoms. The number of aromatic nitrogens is 2. The number of amides is 1. The van der Waals surface area contributed by atoms with Gasteiger partial charge in [-0.3, -0.25) is 19.1 Å². The minimum absolute atomic E-state index is 0.00768. The number of thiophene rings is 1. The van der Waals surface area contributed by atoms with E-state index in [4.69, 9.17) is 0 Å². The number of para-hydroxylation sites is 1. The number of rotatable bonds is 7. The summed E-state index contributed by atoms with van der Waals surface area (Å²) in [4.78, 5) is 35.1. The summed E-state index contributed by atoms with van der Waals surface area (Å²) in [6.07, 6.45) is 12.6. The predicted octanol–water partition coefficient (Wildman–Crippen LogP) is 5.13. The van der Waals surface area contributed by atoms with Gasteiger partial charge in [-0.2, -0.15) is 0 Å². The highest BCUT2D eigenvalue weighted by molar-refractivity contribution is 7.18. The molecule has 0 unspecified atom stereocenters. The van der Waals surface area contributed by atoms with Crippen molar-refractivity contribution in [3.8, 4) is 0 Å². The molecule has 1 saturated carbocycles. The molecule has 1 N–H and O–H groups in total. The van der Waals surface area contributed by atoms with Crippen molar-refractivity contribution in [2.45, 2.75) is 83.3 Å². The lowest BCUT2D eigenvalue weighted by atomic mass is 9.94. The van der Waals surface area contributed by atoms with Crippen LogP contribution < -0.4 is 10.9 Å². The zero-order valence-electron chi connectivity index (χ0n) is 20.0. The Bertz CT molecular complexity index is 1230. The highest BCUT2D eigenvalue weighted by Crippen LogP contribution is 2.33. The minimum Gasteiger partial charge on any atom is -0.326 e. The smallest absolute Gasteiger partial charge is 0.262 e. The quantitative estimate of drug-likeness (QED) is 0.511. The van der Waals surface area contributed by atoms with Crippen LogP contribution in [-0.4, -0.2) is 33.4 Å². The Labute approximate surface area is 205 Å². The van der Waals surface area contributed by atoms with E-state index in [1.807, 2.05) is 18.2 Å². The van der Waals surface area contributed by atoms with Gasteiger partial charge in [0.2, 0.25) is 5.91 Å². The van der Waals surface area contributed by atoms with Gasteiger partial charge in [0.15, 0.2) is 0 Å². The number of nitrogens with zero attached hydrogens (tertiary/aromatic N) is 3. The second-order valence-corrected chi connectivity index (χ2v) is 10.9. The van der Waals surface area contributed by atoms with Gasteiger partial charge in [0.25, 0.3) is 5.56 Å². The first-order valence-electron chi connectivity index (χ1n) is 12.7. The molecule has 0 saturated heterocycles.